The summed E-state index contributed by atoms with van der Waals surface area (Å²) in [6, 6.07) is 35.4. The molecule has 0 amide bonds. The topological polar surface area (TPSA) is 18.5 Å². The molecule has 0 aliphatic heterocycles. The molecule has 0 bridgehead atoms. The fraction of sp³-hybridized carbons (Fsp3) is 0.154. The molecule has 0 aromatic heterocycles. The molecule has 0 fully saturated rings. The minimum atomic E-state index is -2.70. The van der Waals surface area contributed by atoms with E-state index in [-0.39, 0.29) is 29.1 Å². The Morgan fingerprint density at radius 2 is 0.980 bits per heavy atom. The fourth-order valence-electron chi connectivity index (χ4n) is 5.33. The van der Waals surface area contributed by atoms with Crippen molar-refractivity contribution in [1.82, 2.24) is 0 Å². The van der Waals surface area contributed by atoms with E-state index in [2.05, 4.69) is 91.0 Å². The van der Waals surface area contributed by atoms with Crippen LogP contribution in [0.3, 0.4) is 0 Å². The molecule has 0 heterocycles. The summed E-state index contributed by atoms with van der Waals surface area (Å²) >= 11 is -2.70. The van der Waals surface area contributed by atoms with Crippen LogP contribution in [-0.2, 0) is 13.5 Å². The molecule has 0 spiro atoms. The molecular formula is C39H32Cl2F5O2PRu. The van der Waals surface area contributed by atoms with Gasteiger partial charge in [0.05, 0.1) is 0 Å². The van der Waals surface area contributed by atoms with Crippen molar-refractivity contribution in [3.63, 3.8) is 0 Å². The summed E-state index contributed by atoms with van der Waals surface area (Å²) in [4.78, 5) is 0. The molecule has 5 aromatic carbocycles. The predicted molar refractivity (Wildman–Crippen MR) is 192 cm³/mol. The first kappa shape index (κ1) is 37.8. The molecule has 5 aromatic rings. The van der Waals surface area contributed by atoms with E-state index < -0.39 is 56.1 Å². The van der Waals surface area contributed by atoms with Crippen molar-refractivity contribution in [1.29, 1.82) is 0 Å². The number of ether oxygens (including phenoxy) is 2. The second-order valence-electron chi connectivity index (χ2n) is 11.5. The number of halogens is 7. The first-order valence-electron chi connectivity index (χ1n) is 15.5. The minimum absolute atomic E-state index is 0.159. The number of hydrogen-bond acceptors (Lipinski definition) is 2. The van der Waals surface area contributed by atoms with Gasteiger partial charge in [0.1, 0.15) is 0 Å². The van der Waals surface area contributed by atoms with Gasteiger partial charge in [-0.1, -0.05) is 91.0 Å². The molecule has 0 saturated heterocycles. The van der Waals surface area contributed by atoms with Gasteiger partial charge in [0.2, 0.25) is 0 Å². The Hall–Kier alpha value is -3.41. The van der Waals surface area contributed by atoms with Crippen molar-refractivity contribution in [2.24, 2.45) is 0 Å². The summed E-state index contributed by atoms with van der Waals surface area (Å²) < 4.78 is 82.5. The number of fused-ring (bicyclic) bond motifs is 1. The molecule has 6 rings (SSSR count). The number of allylic oxidation sites excluding steroid dienone is 1. The quantitative estimate of drug-likeness (QED) is 0.0510. The number of benzene rings is 5. The fourth-order valence-corrected chi connectivity index (χ4v) is 10.1. The number of hydrogen-bond donors (Lipinski definition) is 0. The Labute approximate surface area is 302 Å². The Kier molecular flexibility index (Phi) is 12.7. The second-order valence-corrected chi connectivity index (χ2v) is 19.6. The van der Waals surface area contributed by atoms with Gasteiger partial charge in [0.25, 0.3) is 0 Å². The molecule has 2 nitrogen and oxygen atoms in total. The van der Waals surface area contributed by atoms with Gasteiger partial charge in [-0.15, -0.1) is 0 Å². The van der Waals surface area contributed by atoms with Crippen LogP contribution in [0.15, 0.2) is 109 Å². The van der Waals surface area contributed by atoms with E-state index in [1.807, 2.05) is 0 Å². The molecule has 50 heavy (non-hydrogen) atoms. The predicted octanol–water partition coefficient (Wildman–Crippen LogP) is 10.3. The largest absolute Gasteiger partial charge is 0.0622 e. The summed E-state index contributed by atoms with van der Waals surface area (Å²) in [5.74, 6) is -9.62. The molecule has 262 valence electrons. The third-order valence-electron chi connectivity index (χ3n) is 7.27. The van der Waals surface area contributed by atoms with E-state index in [0.29, 0.717) is 15.4 Å². The van der Waals surface area contributed by atoms with E-state index in [4.69, 9.17) is 28.9 Å². The molecule has 0 atom stereocenters. The SMILES string of the molecule is CC(C)Oc1cc(OC(C)C)c2c(c1)C(c1c(F)c(F)c(F)c(F)c1F)=C[C]2=[Ru]([Cl])[Cl].c1ccc(P(c2ccccc2)c2ccccc2)cc1. The van der Waals surface area contributed by atoms with Gasteiger partial charge in [-0.05, 0) is 23.8 Å². The van der Waals surface area contributed by atoms with Gasteiger partial charge in [0.15, 0.2) is 0 Å². The van der Waals surface area contributed by atoms with E-state index in [1.165, 1.54) is 28.1 Å². The molecule has 1 aliphatic rings. The zero-order valence-electron chi connectivity index (χ0n) is 27.3. The summed E-state index contributed by atoms with van der Waals surface area (Å²) in [5, 5.41) is 4.19. The van der Waals surface area contributed by atoms with Crippen LogP contribution in [0, 0.1) is 29.1 Å². The summed E-state index contributed by atoms with van der Waals surface area (Å²) in [6.07, 6.45) is 0.720. The summed E-state index contributed by atoms with van der Waals surface area (Å²) in [6.45, 7) is 7.09. The van der Waals surface area contributed by atoms with Crippen LogP contribution in [0.1, 0.15) is 44.4 Å². The van der Waals surface area contributed by atoms with Crippen LogP contribution in [0.5, 0.6) is 11.5 Å². The zero-order chi connectivity index (χ0) is 36.1. The third-order valence-corrected chi connectivity index (χ3v) is 12.8. The Morgan fingerprint density at radius 3 is 1.38 bits per heavy atom. The maximum Gasteiger partial charge on any atom is -0.0134 e. The molecule has 11 heteroatoms. The van der Waals surface area contributed by atoms with Crippen LogP contribution in [0.25, 0.3) is 5.57 Å². The van der Waals surface area contributed by atoms with Crippen LogP contribution in [0.2, 0.25) is 0 Å². The minimum Gasteiger partial charge on any atom is -0.0622 e. The Balaban J connectivity index is 0.000000217. The normalized spacial score (nSPS) is 12.5. The number of rotatable bonds is 8. The van der Waals surface area contributed by atoms with E-state index in [1.54, 1.807) is 33.8 Å². The van der Waals surface area contributed by atoms with Gasteiger partial charge < -0.3 is 0 Å². The van der Waals surface area contributed by atoms with Gasteiger partial charge in [-0.25, -0.2) is 0 Å². The second kappa shape index (κ2) is 16.7. The van der Waals surface area contributed by atoms with Gasteiger partial charge in [-0.3, -0.25) is 0 Å². The maximum absolute atomic E-state index is 14.6. The standard InChI is InChI=1S/C21H17F5O2.C18H15P.2ClH.Ru/c1-9(2)27-11-7-14-12(15(8-11)28-10(3)4)5-6-13(14)16-17(22)19(24)21(26)20(25)18(16)23;1-4-10-16(11-5-1)19(17-12-6-2-7-13-17)18-14-8-3-9-15-18;;;/h6-10H,1-4H3;1-15H;2*1H;/q;;;;+2/p-2. The van der Waals surface area contributed by atoms with Crippen molar-refractivity contribution in [2.75, 3.05) is 0 Å². The first-order valence-corrected chi connectivity index (χ1v) is 22.1. The van der Waals surface area contributed by atoms with Crippen molar-refractivity contribution in [3.8, 4) is 11.5 Å². The average Bonchev–Trinajstić information content (AvgIpc) is 3.48. The van der Waals surface area contributed by atoms with Crippen molar-refractivity contribution >= 4 is 52.9 Å². The third kappa shape index (κ3) is 8.37. The summed E-state index contributed by atoms with van der Waals surface area (Å²) in [5.41, 5.74) is -0.784. The van der Waals surface area contributed by atoms with E-state index >= 15 is 0 Å². The molecular weight excluding hydrogens is 798 g/mol. The van der Waals surface area contributed by atoms with Crippen LogP contribution in [-0.4, -0.2) is 16.3 Å². The monoisotopic (exact) mass is 830 g/mol. The van der Waals surface area contributed by atoms with Gasteiger partial charge in [-0.2, -0.15) is 0 Å². The van der Waals surface area contributed by atoms with Gasteiger partial charge >= 0.3 is 189 Å². The molecule has 0 N–H and O–H groups in total. The molecule has 0 unspecified atom stereocenters. The van der Waals surface area contributed by atoms with Crippen LogP contribution < -0.4 is 25.4 Å². The van der Waals surface area contributed by atoms with Crippen LogP contribution >= 0.6 is 27.3 Å². The zero-order valence-corrected chi connectivity index (χ0v) is 31.5. The van der Waals surface area contributed by atoms with E-state index in [9.17, 15) is 22.0 Å². The maximum atomic E-state index is 14.6. The van der Waals surface area contributed by atoms with E-state index in [0.717, 1.165) is 0 Å². The first-order chi connectivity index (χ1) is 23.9. The van der Waals surface area contributed by atoms with Gasteiger partial charge in [0, 0.05) is 0 Å². The van der Waals surface area contributed by atoms with Crippen molar-refractivity contribution in [3.05, 3.63) is 155 Å². The molecule has 0 radical (unpaired) electrons. The summed E-state index contributed by atoms with van der Waals surface area (Å²) in [7, 11) is 12.0. The smallest absolute Gasteiger partial charge is 0.0134 e. The van der Waals surface area contributed by atoms with Crippen LogP contribution in [0.4, 0.5) is 22.0 Å². The Bertz CT molecular complexity index is 1920. The molecule has 1 aliphatic carbocycles. The average molecular weight is 831 g/mol. The molecule has 0 saturated carbocycles. The Morgan fingerprint density at radius 1 is 0.560 bits per heavy atom. The van der Waals surface area contributed by atoms with Crippen molar-refractivity contribution in [2.45, 2.75) is 39.9 Å². The van der Waals surface area contributed by atoms with Crippen molar-refractivity contribution < 1.29 is 44.9 Å².